The number of pyridine rings is 1. The van der Waals surface area contributed by atoms with E-state index in [-0.39, 0.29) is 47.3 Å². The Morgan fingerprint density at radius 2 is 1.83 bits per heavy atom. The number of ketones is 1. The number of hydrogen-bond acceptors (Lipinski definition) is 8. The molecule has 1 aliphatic carbocycles. The van der Waals surface area contributed by atoms with Crippen molar-refractivity contribution >= 4 is 50.2 Å². The van der Waals surface area contributed by atoms with Gasteiger partial charge in [0, 0.05) is 36.3 Å². The lowest BCUT2D eigenvalue weighted by atomic mass is 10.0. The molecule has 41 heavy (non-hydrogen) atoms. The largest absolute Gasteiger partial charge is 0.479 e. The summed E-state index contributed by atoms with van der Waals surface area (Å²) in [6.07, 6.45) is 4.41. The molecule has 12 heteroatoms. The monoisotopic (exact) mass is 617 g/mol. The van der Waals surface area contributed by atoms with Gasteiger partial charge in [-0.2, -0.15) is 5.10 Å². The first-order valence-electron chi connectivity index (χ1n) is 13.2. The van der Waals surface area contributed by atoms with Gasteiger partial charge in [-0.25, -0.2) is 15.0 Å². The van der Waals surface area contributed by atoms with Crippen molar-refractivity contribution < 1.29 is 19.5 Å². The lowest BCUT2D eigenvalue weighted by Crippen LogP contribution is -2.47. The number of nitrogens with zero attached hydrogens (tertiary/aromatic N) is 6. The predicted octanol–water partition coefficient (Wildman–Crippen LogP) is 4.19. The van der Waals surface area contributed by atoms with Gasteiger partial charge in [0.1, 0.15) is 28.7 Å². The van der Waals surface area contributed by atoms with Crippen LogP contribution in [0.1, 0.15) is 48.3 Å². The average molecular weight is 618 g/mol. The standard InChI is InChI=1S/C29H28BrN7O4/c1-14-5-6-22(30)33-26(14)34-27(40)20-9-29(4)10-21(29)37(20)23(39)13-36-25-15(2)7-17(18-11-31-28(41)32-12-18)8-19(25)24(35-36)16(3)38/h5-8,11-12,20-21H,9-10,13H2,1-4H3,(H,31,32,41)(H,33,34,40)/t20-,21?,29-/m0/s1. The molecule has 4 heterocycles. The summed E-state index contributed by atoms with van der Waals surface area (Å²) in [6.45, 7) is 7.18. The lowest BCUT2D eigenvalue weighted by molar-refractivity contribution is -0.138. The maximum absolute atomic E-state index is 13.9. The summed E-state index contributed by atoms with van der Waals surface area (Å²) in [5, 5.41) is 17.5. The molecule has 4 aromatic rings. The van der Waals surface area contributed by atoms with Gasteiger partial charge >= 0.3 is 6.01 Å². The number of anilines is 1. The first kappa shape index (κ1) is 27.0. The number of fused-ring (bicyclic) bond motifs is 2. The molecule has 210 valence electrons. The molecule has 1 saturated carbocycles. The summed E-state index contributed by atoms with van der Waals surface area (Å²) in [5.74, 6) is -0.278. The molecule has 1 unspecified atom stereocenters. The minimum Gasteiger partial charge on any atom is -0.479 e. The van der Waals surface area contributed by atoms with Crippen molar-refractivity contribution in [1.82, 2.24) is 29.6 Å². The molecule has 2 amide bonds. The first-order chi connectivity index (χ1) is 19.4. The molecule has 6 rings (SSSR count). The molecule has 0 spiro atoms. The van der Waals surface area contributed by atoms with Crippen LogP contribution < -0.4 is 5.32 Å². The molecule has 1 saturated heterocycles. The van der Waals surface area contributed by atoms with E-state index in [1.54, 1.807) is 15.6 Å². The fourth-order valence-electron chi connectivity index (χ4n) is 5.94. The highest BCUT2D eigenvalue weighted by Crippen LogP contribution is 2.59. The van der Waals surface area contributed by atoms with E-state index in [1.807, 2.05) is 32.0 Å². The van der Waals surface area contributed by atoms with Crippen LogP contribution in [0.4, 0.5) is 5.82 Å². The highest BCUT2D eigenvalue weighted by Gasteiger charge is 2.64. The summed E-state index contributed by atoms with van der Waals surface area (Å²) in [5.41, 5.74) is 3.86. The number of rotatable bonds is 6. The van der Waals surface area contributed by atoms with Crippen LogP contribution in [-0.2, 0) is 16.1 Å². The van der Waals surface area contributed by atoms with Crippen LogP contribution in [0, 0.1) is 19.3 Å². The molecule has 11 nitrogen and oxygen atoms in total. The van der Waals surface area contributed by atoms with Crippen LogP contribution >= 0.6 is 15.9 Å². The third kappa shape index (κ3) is 4.75. The van der Waals surface area contributed by atoms with Crippen molar-refractivity contribution in [2.45, 2.75) is 59.2 Å². The van der Waals surface area contributed by atoms with Crippen molar-refractivity contribution in [3.63, 3.8) is 0 Å². The smallest absolute Gasteiger partial charge is 0.313 e. The Morgan fingerprint density at radius 3 is 2.54 bits per heavy atom. The van der Waals surface area contributed by atoms with Gasteiger partial charge in [-0.3, -0.25) is 19.1 Å². The van der Waals surface area contributed by atoms with Crippen molar-refractivity contribution in [3.8, 4) is 17.1 Å². The topological polar surface area (TPSA) is 143 Å². The Bertz CT molecular complexity index is 1750. The summed E-state index contributed by atoms with van der Waals surface area (Å²) in [4.78, 5) is 53.7. The van der Waals surface area contributed by atoms with Gasteiger partial charge in [-0.1, -0.05) is 13.0 Å². The number of halogens is 1. The van der Waals surface area contributed by atoms with E-state index in [0.29, 0.717) is 33.3 Å². The van der Waals surface area contributed by atoms with Gasteiger partial charge < -0.3 is 15.3 Å². The maximum atomic E-state index is 13.9. The zero-order valence-electron chi connectivity index (χ0n) is 23.0. The number of amides is 2. The third-order valence-electron chi connectivity index (χ3n) is 8.15. The lowest BCUT2D eigenvalue weighted by Gasteiger charge is -2.27. The molecule has 1 aliphatic heterocycles. The van der Waals surface area contributed by atoms with E-state index < -0.39 is 6.04 Å². The number of hydrogen-bond donors (Lipinski definition) is 2. The first-order valence-corrected chi connectivity index (χ1v) is 14.0. The number of nitrogens with one attached hydrogen (secondary N) is 1. The number of benzene rings is 1. The molecule has 3 aromatic heterocycles. The second kappa shape index (κ2) is 9.72. The van der Waals surface area contributed by atoms with Gasteiger partial charge in [-0.05, 0) is 82.9 Å². The summed E-state index contributed by atoms with van der Waals surface area (Å²) >= 11 is 3.35. The van der Waals surface area contributed by atoms with Gasteiger partial charge in [-0.15, -0.1) is 0 Å². The number of aryl methyl sites for hydroxylation is 2. The average Bonchev–Trinajstić information content (AvgIpc) is 3.27. The van der Waals surface area contributed by atoms with Gasteiger partial charge in [0.2, 0.25) is 11.8 Å². The molecular weight excluding hydrogens is 590 g/mol. The Hall–Kier alpha value is -4.19. The number of carbonyl (C=O) groups excluding carboxylic acids is 3. The summed E-state index contributed by atoms with van der Waals surface area (Å²) in [6, 6.07) is 6.40. The number of Topliss-reactive ketones (excluding diaryl/α,β-unsaturated/α-hetero) is 1. The molecule has 1 aromatic carbocycles. The molecule has 2 N–H and O–H groups in total. The highest BCUT2D eigenvalue weighted by atomic mass is 79.9. The Balaban J connectivity index is 1.32. The van der Waals surface area contributed by atoms with Crippen LogP contribution in [0.25, 0.3) is 22.0 Å². The molecule has 3 atom stereocenters. The summed E-state index contributed by atoms with van der Waals surface area (Å²) in [7, 11) is 0. The van der Waals surface area contributed by atoms with Crippen LogP contribution in [0.2, 0.25) is 0 Å². The molecule has 2 fully saturated rings. The second-order valence-corrected chi connectivity index (χ2v) is 12.0. The van der Waals surface area contributed by atoms with Crippen LogP contribution in [-0.4, -0.2) is 64.4 Å². The number of aromatic nitrogens is 5. The predicted molar refractivity (Wildman–Crippen MR) is 154 cm³/mol. The zero-order chi connectivity index (χ0) is 29.2. The minimum absolute atomic E-state index is 0.0291. The van der Waals surface area contributed by atoms with Crippen LogP contribution in [0.5, 0.6) is 6.01 Å². The van der Waals surface area contributed by atoms with E-state index >= 15 is 0 Å². The van der Waals surface area contributed by atoms with Gasteiger partial charge in [0.25, 0.3) is 0 Å². The SMILES string of the molecule is CC(=O)c1nn(CC(=O)N2C3C[C@]3(C)C[C@H]2C(=O)Nc2nc(Br)ccc2C)c2c(C)cc(-c3cnc(O)nc3)cc12. The molecular formula is C29H28BrN7O4. The van der Waals surface area contributed by atoms with E-state index in [9.17, 15) is 19.5 Å². The molecule has 0 radical (unpaired) electrons. The van der Waals surface area contributed by atoms with Crippen molar-refractivity contribution in [2.24, 2.45) is 5.41 Å². The van der Waals surface area contributed by atoms with Crippen LogP contribution in [0.15, 0.2) is 41.3 Å². The normalized spacial score (nSPS) is 21.1. The van der Waals surface area contributed by atoms with Crippen molar-refractivity contribution in [2.75, 3.05) is 5.32 Å². The number of piperidine rings is 1. The molecule has 0 bridgehead atoms. The quantitative estimate of drug-likeness (QED) is 0.242. The van der Waals surface area contributed by atoms with Crippen molar-refractivity contribution in [1.29, 1.82) is 0 Å². The molecule has 2 aliphatic rings. The van der Waals surface area contributed by atoms with E-state index in [0.717, 1.165) is 23.1 Å². The number of carbonyl (C=O) groups is 3. The third-order valence-corrected chi connectivity index (χ3v) is 8.60. The second-order valence-electron chi connectivity index (χ2n) is 11.2. The Kier molecular flexibility index (Phi) is 6.40. The Labute approximate surface area is 244 Å². The van der Waals surface area contributed by atoms with Gasteiger partial charge in [0.05, 0.1) is 5.52 Å². The van der Waals surface area contributed by atoms with E-state index in [2.05, 4.69) is 48.2 Å². The fraction of sp³-hybridized carbons (Fsp3) is 0.345. The van der Waals surface area contributed by atoms with Crippen molar-refractivity contribution in [3.05, 3.63) is 58.1 Å². The van der Waals surface area contributed by atoms with E-state index in [4.69, 9.17) is 0 Å². The number of aromatic hydroxyl groups is 1. The zero-order valence-corrected chi connectivity index (χ0v) is 24.6. The highest BCUT2D eigenvalue weighted by molar-refractivity contribution is 9.10. The minimum atomic E-state index is -0.636. The number of likely N-dealkylation sites (tertiary alicyclic amines) is 1. The van der Waals surface area contributed by atoms with Crippen LogP contribution in [0.3, 0.4) is 0 Å². The van der Waals surface area contributed by atoms with Gasteiger partial charge in [0.15, 0.2) is 5.78 Å². The maximum Gasteiger partial charge on any atom is 0.313 e. The fourth-order valence-corrected chi connectivity index (χ4v) is 6.25. The van der Waals surface area contributed by atoms with E-state index in [1.165, 1.54) is 19.3 Å². The summed E-state index contributed by atoms with van der Waals surface area (Å²) < 4.78 is 2.17. The Morgan fingerprint density at radius 1 is 1.10 bits per heavy atom.